The van der Waals surface area contributed by atoms with Gasteiger partial charge in [0.2, 0.25) is 0 Å². The predicted molar refractivity (Wildman–Crippen MR) is 203 cm³/mol. The largest absolute Gasteiger partial charge is 0.309 e. The summed E-state index contributed by atoms with van der Waals surface area (Å²) in [7, 11) is 0. The highest BCUT2D eigenvalue weighted by Crippen LogP contribution is 2.40. The molecule has 4 nitrogen and oxygen atoms in total. The molecule has 0 saturated carbocycles. The molecule has 0 spiro atoms. The van der Waals surface area contributed by atoms with Gasteiger partial charge in [-0.2, -0.15) is 0 Å². The summed E-state index contributed by atoms with van der Waals surface area (Å²) in [5, 5.41) is 8.20. The van der Waals surface area contributed by atoms with E-state index >= 15 is 0 Å². The van der Waals surface area contributed by atoms with Crippen LogP contribution in [0.1, 0.15) is 0 Å². The molecule has 0 radical (unpaired) electrons. The minimum absolute atomic E-state index is 0.666. The second kappa shape index (κ2) is 11.0. The molecular weight excluding hydrogens is 597 g/mol. The van der Waals surface area contributed by atoms with Crippen molar-refractivity contribution in [1.82, 2.24) is 19.5 Å². The standard InChI is InChI=1S/C45H28N4/c1-3-11-29(12-4-1)37-17-9-19-40-42(37)39-27-31-15-7-8-16-32(31)28-41(39)49(40)36-23-22-33-25-35(21-20-34(33)26-36)44-47-43(30-13-5-2-6-14-30)38-18-10-24-46-45(38)48-44/h1-28H. The fraction of sp³-hybridized carbons (Fsp3) is 0. The first kappa shape index (κ1) is 27.5. The maximum Gasteiger partial charge on any atom is 0.163 e. The van der Waals surface area contributed by atoms with Gasteiger partial charge in [0.05, 0.1) is 16.7 Å². The van der Waals surface area contributed by atoms with E-state index in [1.54, 1.807) is 6.20 Å². The van der Waals surface area contributed by atoms with E-state index in [1.807, 2.05) is 30.3 Å². The summed E-state index contributed by atoms with van der Waals surface area (Å²) in [6.45, 7) is 0. The fourth-order valence-corrected chi connectivity index (χ4v) is 7.31. The summed E-state index contributed by atoms with van der Waals surface area (Å²) in [5.41, 5.74) is 9.54. The Balaban J connectivity index is 1.16. The van der Waals surface area contributed by atoms with Crippen molar-refractivity contribution in [3.8, 4) is 39.5 Å². The maximum absolute atomic E-state index is 5.08. The summed E-state index contributed by atoms with van der Waals surface area (Å²) in [6, 6.07) is 58.1. The molecule has 49 heavy (non-hydrogen) atoms. The molecule has 3 heterocycles. The molecule has 7 aromatic carbocycles. The van der Waals surface area contributed by atoms with Crippen molar-refractivity contribution in [3.05, 3.63) is 170 Å². The lowest BCUT2D eigenvalue weighted by Gasteiger charge is -2.12. The van der Waals surface area contributed by atoms with Gasteiger partial charge in [-0.05, 0) is 81.2 Å². The molecule has 10 aromatic rings. The Kier molecular flexibility index (Phi) is 6.15. The van der Waals surface area contributed by atoms with E-state index in [2.05, 4.69) is 143 Å². The molecule has 0 N–H and O–H groups in total. The molecule has 0 unspecified atom stereocenters. The van der Waals surface area contributed by atoms with Crippen molar-refractivity contribution in [1.29, 1.82) is 0 Å². The van der Waals surface area contributed by atoms with E-state index in [-0.39, 0.29) is 0 Å². The molecular formula is C45H28N4. The van der Waals surface area contributed by atoms with E-state index in [9.17, 15) is 0 Å². The van der Waals surface area contributed by atoms with E-state index in [4.69, 9.17) is 9.97 Å². The Morgan fingerprint density at radius 1 is 0.429 bits per heavy atom. The third kappa shape index (κ3) is 4.49. The van der Waals surface area contributed by atoms with Gasteiger partial charge in [0, 0.05) is 39.2 Å². The number of aromatic nitrogens is 4. The van der Waals surface area contributed by atoms with Crippen LogP contribution in [0, 0.1) is 0 Å². The first-order chi connectivity index (χ1) is 24.3. The van der Waals surface area contributed by atoms with Crippen LogP contribution in [-0.4, -0.2) is 19.5 Å². The minimum Gasteiger partial charge on any atom is -0.309 e. The van der Waals surface area contributed by atoms with Crippen LogP contribution in [0.15, 0.2) is 170 Å². The van der Waals surface area contributed by atoms with Gasteiger partial charge in [-0.15, -0.1) is 0 Å². The normalized spacial score (nSPS) is 11.7. The lowest BCUT2D eigenvalue weighted by atomic mass is 9.98. The van der Waals surface area contributed by atoms with Crippen LogP contribution < -0.4 is 0 Å². The Hall–Kier alpha value is -6.65. The third-order valence-corrected chi connectivity index (χ3v) is 9.60. The Morgan fingerprint density at radius 2 is 1.14 bits per heavy atom. The second-order valence-corrected chi connectivity index (χ2v) is 12.5. The summed E-state index contributed by atoms with van der Waals surface area (Å²) in [6.07, 6.45) is 1.79. The number of hydrogen-bond donors (Lipinski definition) is 0. The number of fused-ring (bicyclic) bond motifs is 6. The van der Waals surface area contributed by atoms with Crippen molar-refractivity contribution in [2.45, 2.75) is 0 Å². The van der Waals surface area contributed by atoms with Gasteiger partial charge in [-0.1, -0.05) is 115 Å². The lowest BCUT2D eigenvalue weighted by Crippen LogP contribution is -1.97. The zero-order valence-corrected chi connectivity index (χ0v) is 26.5. The van der Waals surface area contributed by atoms with E-state index < -0.39 is 0 Å². The van der Waals surface area contributed by atoms with E-state index in [0.717, 1.165) is 38.7 Å². The first-order valence-electron chi connectivity index (χ1n) is 16.5. The average molecular weight is 625 g/mol. The van der Waals surface area contributed by atoms with Gasteiger partial charge >= 0.3 is 0 Å². The van der Waals surface area contributed by atoms with Crippen LogP contribution in [0.3, 0.4) is 0 Å². The minimum atomic E-state index is 0.666. The van der Waals surface area contributed by atoms with Crippen LogP contribution in [0.25, 0.3) is 93.8 Å². The van der Waals surface area contributed by atoms with Crippen molar-refractivity contribution in [3.63, 3.8) is 0 Å². The molecule has 0 fully saturated rings. The van der Waals surface area contributed by atoms with Crippen LogP contribution in [0.2, 0.25) is 0 Å². The van der Waals surface area contributed by atoms with E-state index in [0.29, 0.717) is 11.5 Å². The first-order valence-corrected chi connectivity index (χ1v) is 16.5. The molecule has 0 bridgehead atoms. The van der Waals surface area contributed by atoms with Gasteiger partial charge in [0.15, 0.2) is 11.5 Å². The van der Waals surface area contributed by atoms with Crippen LogP contribution in [-0.2, 0) is 0 Å². The maximum atomic E-state index is 5.08. The number of hydrogen-bond acceptors (Lipinski definition) is 3. The molecule has 4 heteroatoms. The van der Waals surface area contributed by atoms with Gasteiger partial charge in [-0.25, -0.2) is 15.0 Å². The summed E-state index contributed by atoms with van der Waals surface area (Å²) in [5.74, 6) is 0.666. The molecule has 228 valence electrons. The summed E-state index contributed by atoms with van der Waals surface area (Å²) >= 11 is 0. The van der Waals surface area contributed by atoms with E-state index in [1.165, 1.54) is 43.7 Å². The fourth-order valence-electron chi connectivity index (χ4n) is 7.31. The average Bonchev–Trinajstić information content (AvgIpc) is 3.50. The summed E-state index contributed by atoms with van der Waals surface area (Å²) in [4.78, 5) is 14.6. The molecule has 3 aromatic heterocycles. The highest BCUT2D eigenvalue weighted by atomic mass is 15.0. The monoisotopic (exact) mass is 624 g/mol. The Morgan fingerprint density at radius 3 is 1.98 bits per heavy atom. The van der Waals surface area contributed by atoms with Crippen LogP contribution in [0.5, 0.6) is 0 Å². The summed E-state index contributed by atoms with van der Waals surface area (Å²) < 4.78 is 2.42. The quantitative estimate of drug-likeness (QED) is 0.196. The van der Waals surface area contributed by atoms with Gasteiger partial charge in [-0.3, -0.25) is 0 Å². The molecule has 0 atom stereocenters. The predicted octanol–water partition coefficient (Wildman–Crippen LogP) is 11.4. The highest BCUT2D eigenvalue weighted by Gasteiger charge is 2.18. The number of nitrogens with zero attached hydrogens (tertiary/aromatic N) is 4. The molecule has 10 rings (SSSR count). The SMILES string of the molecule is c1ccc(-c2nc(-c3ccc4cc(-n5c6cc7ccccc7cc6c6c(-c7ccccc7)cccc65)ccc4c3)nc3ncccc23)cc1. The van der Waals surface area contributed by atoms with Gasteiger partial charge in [0.1, 0.15) is 0 Å². The number of benzene rings is 7. The van der Waals surface area contributed by atoms with Crippen LogP contribution >= 0.6 is 0 Å². The van der Waals surface area contributed by atoms with Gasteiger partial charge in [0.25, 0.3) is 0 Å². The Bertz CT molecular complexity index is 2870. The van der Waals surface area contributed by atoms with Crippen molar-refractivity contribution in [2.75, 3.05) is 0 Å². The zero-order chi connectivity index (χ0) is 32.3. The molecule has 0 amide bonds. The molecule has 0 aliphatic carbocycles. The molecule has 0 aliphatic rings. The van der Waals surface area contributed by atoms with Crippen molar-refractivity contribution >= 4 is 54.4 Å². The number of pyridine rings is 1. The third-order valence-electron chi connectivity index (χ3n) is 9.60. The second-order valence-electron chi connectivity index (χ2n) is 12.5. The lowest BCUT2D eigenvalue weighted by molar-refractivity contribution is 1.19. The zero-order valence-electron chi connectivity index (χ0n) is 26.5. The number of rotatable bonds is 4. The smallest absolute Gasteiger partial charge is 0.163 e. The van der Waals surface area contributed by atoms with Crippen LogP contribution in [0.4, 0.5) is 0 Å². The molecule has 0 saturated heterocycles. The van der Waals surface area contributed by atoms with Crippen molar-refractivity contribution < 1.29 is 0 Å². The topological polar surface area (TPSA) is 43.6 Å². The highest BCUT2D eigenvalue weighted by molar-refractivity contribution is 6.18. The van der Waals surface area contributed by atoms with Gasteiger partial charge < -0.3 is 4.57 Å². The molecule has 0 aliphatic heterocycles. The Labute approximate surface area is 282 Å². The van der Waals surface area contributed by atoms with Crippen molar-refractivity contribution in [2.24, 2.45) is 0 Å².